The molecule has 1 aliphatic heterocycles. The molecule has 0 fully saturated rings. The van der Waals surface area contributed by atoms with Crippen LogP contribution in [0, 0.1) is 5.92 Å². The van der Waals surface area contributed by atoms with E-state index in [9.17, 15) is 0 Å². The molecule has 1 aliphatic rings. The zero-order chi connectivity index (χ0) is 15.2. The highest BCUT2D eigenvalue weighted by Gasteiger charge is 2.41. The van der Waals surface area contributed by atoms with Crippen LogP contribution < -0.4 is 21.3 Å². The van der Waals surface area contributed by atoms with Crippen LogP contribution in [0.1, 0.15) is 20.8 Å². The van der Waals surface area contributed by atoms with Crippen LogP contribution in [0.15, 0.2) is 24.3 Å². The molecule has 0 aliphatic carbocycles. The van der Waals surface area contributed by atoms with Crippen molar-refractivity contribution >= 4 is 28.1 Å². The van der Waals surface area contributed by atoms with Crippen LogP contribution >= 0.6 is 0 Å². The minimum Gasteiger partial charge on any atom is -0.382 e. The number of nitrogen functional groups attached to an aromatic ring is 1. The number of para-hydroxylation sites is 1. The second kappa shape index (κ2) is 4.77. The molecule has 1 unspecified atom stereocenters. The van der Waals surface area contributed by atoms with E-state index in [1.165, 1.54) is 0 Å². The first-order valence-electron chi connectivity index (χ1n) is 7.39. The molecule has 0 amide bonds. The quantitative estimate of drug-likeness (QED) is 0.809. The van der Waals surface area contributed by atoms with Crippen molar-refractivity contribution in [3.8, 4) is 0 Å². The molecule has 0 bridgehead atoms. The number of hydrogen-bond acceptors (Lipinski definition) is 5. The van der Waals surface area contributed by atoms with E-state index in [4.69, 9.17) is 5.73 Å². The molecule has 112 valence electrons. The van der Waals surface area contributed by atoms with Gasteiger partial charge in [0.05, 0.1) is 11.2 Å². The SMILES string of the molecule is CNC1(C)Nc2c(N)nc3ccccc3c2N1CC(C)C. The standard InChI is InChI=1S/C16H23N5/c1-10(2)9-21-14-11-7-5-6-8-12(11)19-15(17)13(14)20-16(21,3)18-4/h5-8,10,18,20H,9H2,1-4H3,(H2,17,19). The number of hydrogen-bond donors (Lipinski definition) is 3. The molecule has 0 saturated heterocycles. The smallest absolute Gasteiger partial charge is 0.163 e. The highest BCUT2D eigenvalue weighted by atomic mass is 15.5. The monoisotopic (exact) mass is 285 g/mol. The van der Waals surface area contributed by atoms with Crippen molar-refractivity contribution in [2.24, 2.45) is 5.92 Å². The topological polar surface area (TPSA) is 66.2 Å². The number of aromatic nitrogens is 1. The Morgan fingerprint density at radius 3 is 2.76 bits per heavy atom. The lowest BCUT2D eigenvalue weighted by Crippen LogP contribution is -2.58. The van der Waals surface area contributed by atoms with Gasteiger partial charge in [-0.15, -0.1) is 0 Å². The molecule has 3 rings (SSSR count). The molecule has 21 heavy (non-hydrogen) atoms. The van der Waals surface area contributed by atoms with Crippen molar-refractivity contribution in [2.45, 2.75) is 26.6 Å². The number of benzene rings is 1. The molecule has 0 spiro atoms. The molecule has 1 aromatic heterocycles. The number of pyridine rings is 1. The fraction of sp³-hybridized carbons (Fsp3) is 0.438. The van der Waals surface area contributed by atoms with Gasteiger partial charge in [-0.25, -0.2) is 4.98 Å². The first-order valence-corrected chi connectivity index (χ1v) is 7.39. The Kier molecular flexibility index (Phi) is 3.17. The Morgan fingerprint density at radius 2 is 2.10 bits per heavy atom. The number of anilines is 3. The Labute approximate surface area is 125 Å². The highest BCUT2D eigenvalue weighted by Crippen LogP contribution is 2.46. The van der Waals surface area contributed by atoms with Crippen molar-refractivity contribution in [1.29, 1.82) is 0 Å². The normalized spacial score (nSPS) is 20.9. The highest BCUT2D eigenvalue weighted by molar-refractivity contribution is 6.04. The molecule has 1 atom stereocenters. The minimum atomic E-state index is -0.355. The van der Waals surface area contributed by atoms with Crippen molar-refractivity contribution in [3.05, 3.63) is 24.3 Å². The Hall–Kier alpha value is -2.01. The summed E-state index contributed by atoms with van der Waals surface area (Å²) in [5.74, 6) is 0.738. The predicted molar refractivity (Wildman–Crippen MR) is 89.4 cm³/mol. The second-order valence-electron chi connectivity index (χ2n) is 6.19. The number of fused-ring (bicyclic) bond motifs is 3. The maximum absolute atomic E-state index is 6.18. The summed E-state index contributed by atoms with van der Waals surface area (Å²) in [6, 6.07) is 8.16. The van der Waals surface area contributed by atoms with Gasteiger partial charge in [-0.1, -0.05) is 32.0 Å². The van der Waals surface area contributed by atoms with E-state index in [1.54, 1.807) is 0 Å². The zero-order valence-corrected chi connectivity index (χ0v) is 13.1. The summed E-state index contributed by atoms with van der Waals surface area (Å²) in [6.07, 6.45) is 0. The lowest BCUT2D eigenvalue weighted by atomic mass is 10.1. The lowest BCUT2D eigenvalue weighted by Gasteiger charge is -2.38. The molecule has 1 aromatic carbocycles. The molecule has 5 heteroatoms. The molecular weight excluding hydrogens is 262 g/mol. The van der Waals surface area contributed by atoms with Gasteiger partial charge < -0.3 is 16.0 Å². The number of nitrogens with one attached hydrogen (secondary N) is 2. The van der Waals surface area contributed by atoms with Gasteiger partial charge in [-0.3, -0.25) is 5.32 Å². The summed E-state index contributed by atoms with van der Waals surface area (Å²) in [7, 11) is 1.96. The minimum absolute atomic E-state index is 0.355. The fourth-order valence-electron chi connectivity index (χ4n) is 2.99. The third-order valence-corrected chi connectivity index (χ3v) is 4.11. The van der Waals surface area contributed by atoms with E-state index < -0.39 is 0 Å². The van der Waals surface area contributed by atoms with Crippen LogP contribution in [0.2, 0.25) is 0 Å². The molecule has 0 saturated carbocycles. The van der Waals surface area contributed by atoms with E-state index in [1.807, 2.05) is 25.2 Å². The van der Waals surface area contributed by atoms with Crippen LogP contribution in [0.25, 0.3) is 10.9 Å². The summed E-state index contributed by atoms with van der Waals surface area (Å²) < 4.78 is 0. The van der Waals surface area contributed by atoms with Crippen LogP contribution in [-0.2, 0) is 0 Å². The second-order valence-corrected chi connectivity index (χ2v) is 6.19. The van der Waals surface area contributed by atoms with Crippen molar-refractivity contribution < 1.29 is 0 Å². The van der Waals surface area contributed by atoms with Gasteiger partial charge in [0, 0.05) is 11.9 Å². The van der Waals surface area contributed by atoms with Gasteiger partial charge in [0.25, 0.3) is 0 Å². The van der Waals surface area contributed by atoms with Gasteiger partial charge in [0.15, 0.2) is 5.79 Å². The van der Waals surface area contributed by atoms with Crippen molar-refractivity contribution in [2.75, 3.05) is 29.5 Å². The summed E-state index contributed by atoms with van der Waals surface area (Å²) in [5.41, 5.74) is 9.18. The van der Waals surface area contributed by atoms with Gasteiger partial charge in [-0.2, -0.15) is 0 Å². The van der Waals surface area contributed by atoms with Gasteiger partial charge >= 0.3 is 0 Å². The zero-order valence-electron chi connectivity index (χ0n) is 13.1. The first-order chi connectivity index (χ1) is 9.96. The maximum Gasteiger partial charge on any atom is 0.163 e. The van der Waals surface area contributed by atoms with Crippen LogP contribution in [-0.4, -0.2) is 24.4 Å². The lowest BCUT2D eigenvalue weighted by molar-refractivity contribution is 0.406. The van der Waals surface area contributed by atoms with Crippen LogP contribution in [0.4, 0.5) is 17.2 Å². The Bertz CT molecular complexity index is 682. The van der Waals surface area contributed by atoms with Gasteiger partial charge in [-0.05, 0) is 26.0 Å². The Morgan fingerprint density at radius 1 is 1.38 bits per heavy atom. The summed E-state index contributed by atoms with van der Waals surface area (Å²) in [4.78, 5) is 6.88. The number of rotatable bonds is 3. The maximum atomic E-state index is 6.18. The van der Waals surface area contributed by atoms with E-state index in [-0.39, 0.29) is 5.79 Å². The molecular formula is C16H23N5. The largest absolute Gasteiger partial charge is 0.382 e. The van der Waals surface area contributed by atoms with E-state index >= 15 is 0 Å². The van der Waals surface area contributed by atoms with Gasteiger partial charge in [0.1, 0.15) is 11.5 Å². The van der Waals surface area contributed by atoms with Crippen LogP contribution in [0.5, 0.6) is 0 Å². The number of nitrogens with zero attached hydrogens (tertiary/aromatic N) is 2. The molecule has 4 N–H and O–H groups in total. The predicted octanol–water partition coefficient (Wildman–Crippen LogP) is 2.60. The van der Waals surface area contributed by atoms with Crippen molar-refractivity contribution in [3.63, 3.8) is 0 Å². The average molecular weight is 285 g/mol. The number of nitrogens with two attached hydrogens (primary N) is 1. The molecule has 2 heterocycles. The van der Waals surface area contributed by atoms with E-state index in [0.29, 0.717) is 11.7 Å². The first kappa shape index (κ1) is 13.9. The fourth-order valence-corrected chi connectivity index (χ4v) is 2.99. The average Bonchev–Trinajstić information content (AvgIpc) is 2.74. The van der Waals surface area contributed by atoms with Crippen molar-refractivity contribution in [1.82, 2.24) is 10.3 Å². The van der Waals surface area contributed by atoms with E-state index in [2.05, 4.69) is 47.4 Å². The van der Waals surface area contributed by atoms with Gasteiger partial charge in [0.2, 0.25) is 0 Å². The summed E-state index contributed by atoms with van der Waals surface area (Å²) >= 11 is 0. The summed E-state index contributed by atoms with van der Waals surface area (Å²) in [6.45, 7) is 7.51. The van der Waals surface area contributed by atoms with E-state index in [0.717, 1.165) is 28.8 Å². The van der Waals surface area contributed by atoms with Crippen LogP contribution in [0.3, 0.4) is 0 Å². The third-order valence-electron chi connectivity index (χ3n) is 4.11. The molecule has 0 radical (unpaired) electrons. The Balaban J connectivity index is 2.27. The third kappa shape index (κ3) is 2.08. The molecule has 5 nitrogen and oxygen atoms in total. The summed E-state index contributed by atoms with van der Waals surface area (Å²) in [5, 5.41) is 8.00. The molecule has 2 aromatic rings.